The monoisotopic (exact) mass is 299 g/mol. The maximum atomic E-state index is 13.4. The first-order valence-electron chi connectivity index (χ1n) is 7.22. The van der Waals surface area contributed by atoms with E-state index in [1.807, 2.05) is 17.4 Å². The Morgan fingerprint density at radius 3 is 2.71 bits per heavy atom. The van der Waals surface area contributed by atoms with E-state index in [2.05, 4.69) is 42.6 Å². The predicted octanol–water partition coefficient (Wildman–Crippen LogP) is 4.93. The molecule has 0 saturated heterocycles. The van der Waals surface area contributed by atoms with Crippen molar-refractivity contribution in [3.05, 3.63) is 70.9 Å². The molecule has 2 aromatic carbocycles. The minimum Gasteiger partial charge on any atom is -0.309 e. The third kappa shape index (κ3) is 3.31. The van der Waals surface area contributed by atoms with Crippen molar-refractivity contribution in [2.75, 3.05) is 6.54 Å². The molecule has 21 heavy (non-hydrogen) atoms. The highest BCUT2D eigenvalue weighted by atomic mass is 32.1. The Balaban J connectivity index is 1.90. The van der Waals surface area contributed by atoms with Gasteiger partial charge in [-0.25, -0.2) is 4.39 Å². The van der Waals surface area contributed by atoms with E-state index in [-0.39, 0.29) is 11.9 Å². The van der Waals surface area contributed by atoms with Gasteiger partial charge in [0.1, 0.15) is 5.82 Å². The summed E-state index contributed by atoms with van der Waals surface area (Å²) in [5.74, 6) is -0.168. The van der Waals surface area contributed by atoms with Gasteiger partial charge in [0.25, 0.3) is 0 Å². The van der Waals surface area contributed by atoms with Crippen LogP contribution in [0.4, 0.5) is 4.39 Å². The Labute approximate surface area is 128 Å². The van der Waals surface area contributed by atoms with E-state index in [0.29, 0.717) is 0 Å². The molecule has 1 nitrogen and oxygen atoms in total. The van der Waals surface area contributed by atoms with Gasteiger partial charge in [0.05, 0.1) is 0 Å². The quantitative estimate of drug-likeness (QED) is 0.704. The molecule has 3 heteroatoms. The van der Waals surface area contributed by atoms with Gasteiger partial charge < -0.3 is 5.32 Å². The van der Waals surface area contributed by atoms with Gasteiger partial charge in [0.2, 0.25) is 0 Å². The summed E-state index contributed by atoms with van der Waals surface area (Å²) in [5, 5.41) is 4.79. The first-order valence-corrected chi connectivity index (χ1v) is 8.04. The molecule has 0 saturated carbocycles. The summed E-state index contributed by atoms with van der Waals surface area (Å²) in [6, 6.07) is 17.8. The van der Waals surface area contributed by atoms with E-state index in [1.165, 1.54) is 21.0 Å². The molecule has 1 N–H and O–H groups in total. The van der Waals surface area contributed by atoms with Gasteiger partial charge in [-0.05, 0) is 48.2 Å². The van der Waals surface area contributed by atoms with Crippen molar-refractivity contribution in [3.8, 4) is 0 Å². The van der Waals surface area contributed by atoms with Crippen LogP contribution in [0.2, 0.25) is 0 Å². The van der Waals surface area contributed by atoms with Gasteiger partial charge in [-0.15, -0.1) is 11.3 Å². The van der Waals surface area contributed by atoms with E-state index >= 15 is 0 Å². The second-order valence-corrected chi connectivity index (χ2v) is 6.25. The Morgan fingerprint density at radius 2 is 1.95 bits per heavy atom. The molecule has 1 unspecified atom stereocenters. The zero-order valence-corrected chi connectivity index (χ0v) is 12.8. The summed E-state index contributed by atoms with van der Waals surface area (Å²) in [4.78, 5) is 1.31. The Bertz CT molecular complexity index is 702. The number of halogens is 1. The van der Waals surface area contributed by atoms with Crippen LogP contribution in [0.3, 0.4) is 0 Å². The van der Waals surface area contributed by atoms with Crippen LogP contribution < -0.4 is 5.32 Å². The van der Waals surface area contributed by atoms with Crippen LogP contribution in [-0.4, -0.2) is 6.54 Å². The van der Waals surface area contributed by atoms with Crippen LogP contribution in [0.5, 0.6) is 0 Å². The van der Waals surface area contributed by atoms with Gasteiger partial charge >= 0.3 is 0 Å². The van der Waals surface area contributed by atoms with Crippen molar-refractivity contribution in [3.63, 3.8) is 0 Å². The van der Waals surface area contributed by atoms with Crippen molar-refractivity contribution in [1.82, 2.24) is 5.32 Å². The molecule has 3 rings (SSSR count). The Morgan fingerprint density at radius 1 is 1.10 bits per heavy atom. The summed E-state index contributed by atoms with van der Waals surface area (Å²) in [6.07, 6.45) is 0.804. The molecule has 1 atom stereocenters. The van der Waals surface area contributed by atoms with Crippen LogP contribution >= 0.6 is 11.3 Å². The molecular weight excluding hydrogens is 281 g/mol. The van der Waals surface area contributed by atoms with Gasteiger partial charge in [-0.1, -0.05) is 37.3 Å². The maximum Gasteiger partial charge on any atom is 0.123 e. The lowest BCUT2D eigenvalue weighted by atomic mass is 10.0. The minimum atomic E-state index is -0.168. The zero-order chi connectivity index (χ0) is 14.7. The van der Waals surface area contributed by atoms with Crippen molar-refractivity contribution < 1.29 is 4.39 Å². The van der Waals surface area contributed by atoms with Crippen molar-refractivity contribution in [2.24, 2.45) is 0 Å². The molecule has 0 bridgehead atoms. The molecule has 0 aliphatic carbocycles. The number of rotatable bonds is 5. The van der Waals surface area contributed by atoms with E-state index in [9.17, 15) is 4.39 Å². The highest BCUT2D eigenvalue weighted by Crippen LogP contribution is 2.31. The second kappa shape index (κ2) is 6.37. The van der Waals surface area contributed by atoms with Gasteiger partial charge in [-0.3, -0.25) is 0 Å². The number of likely N-dealkylation sites (N-methyl/N-ethyl adjacent to an activating group) is 1. The highest BCUT2D eigenvalue weighted by molar-refractivity contribution is 7.19. The number of nitrogens with one attached hydrogen (secondary N) is 1. The molecule has 0 aliphatic heterocycles. The average Bonchev–Trinajstić information content (AvgIpc) is 2.91. The number of hydrogen-bond acceptors (Lipinski definition) is 2. The molecule has 108 valence electrons. The zero-order valence-electron chi connectivity index (χ0n) is 12.0. The van der Waals surface area contributed by atoms with Crippen LogP contribution in [-0.2, 0) is 6.42 Å². The predicted molar refractivity (Wildman–Crippen MR) is 88.3 cm³/mol. The molecular formula is C18H18FNS. The molecule has 0 radical (unpaired) electrons. The van der Waals surface area contributed by atoms with Crippen LogP contribution in [0.25, 0.3) is 10.1 Å². The molecule has 0 fully saturated rings. The third-order valence-corrected chi connectivity index (χ3v) is 4.80. The highest BCUT2D eigenvalue weighted by Gasteiger charge is 2.14. The largest absolute Gasteiger partial charge is 0.309 e. The average molecular weight is 299 g/mol. The van der Waals surface area contributed by atoms with Crippen LogP contribution in [0.15, 0.2) is 54.6 Å². The molecule has 0 aliphatic rings. The number of thiophene rings is 1. The fourth-order valence-electron chi connectivity index (χ4n) is 2.59. The minimum absolute atomic E-state index is 0.168. The molecule has 1 aromatic heterocycles. The normalized spacial score (nSPS) is 12.7. The molecule has 1 heterocycles. The van der Waals surface area contributed by atoms with E-state index < -0.39 is 0 Å². The van der Waals surface area contributed by atoms with Gasteiger partial charge in [0.15, 0.2) is 0 Å². The smallest absolute Gasteiger partial charge is 0.123 e. The van der Waals surface area contributed by atoms with Gasteiger partial charge in [-0.2, -0.15) is 0 Å². The maximum absolute atomic E-state index is 13.4. The standard InChI is InChI=1S/C18H18FNS/c1-2-20-16(11-13-6-5-8-15(19)10-13)18-12-14-7-3-4-9-17(14)21-18/h3-10,12,16,20H,2,11H2,1H3. The lowest BCUT2D eigenvalue weighted by Gasteiger charge is -2.16. The molecule has 3 aromatic rings. The SMILES string of the molecule is CCNC(Cc1cccc(F)c1)c1cc2ccccc2s1. The van der Waals surface area contributed by atoms with Crippen molar-refractivity contribution >= 4 is 21.4 Å². The number of fused-ring (bicyclic) bond motifs is 1. The summed E-state index contributed by atoms with van der Waals surface area (Å²) >= 11 is 1.81. The number of benzene rings is 2. The molecule has 0 spiro atoms. The topological polar surface area (TPSA) is 12.0 Å². The lowest BCUT2D eigenvalue weighted by Crippen LogP contribution is -2.22. The van der Waals surface area contributed by atoms with E-state index in [1.54, 1.807) is 12.1 Å². The first kappa shape index (κ1) is 14.2. The van der Waals surface area contributed by atoms with Gasteiger partial charge in [0, 0.05) is 15.6 Å². The van der Waals surface area contributed by atoms with Crippen LogP contribution in [0, 0.1) is 5.82 Å². The summed E-state index contributed by atoms with van der Waals surface area (Å²) < 4.78 is 14.7. The Kier molecular flexibility index (Phi) is 4.32. The first-order chi connectivity index (χ1) is 10.3. The van der Waals surface area contributed by atoms with E-state index in [4.69, 9.17) is 0 Å². The lowest BCUT2D eigenvalue weighted by molar-refractivity contribution is 0.555. The fourth-order valence-corrected chi connectivity index (χ4v) is 3.73. The Hall–Kier alpha value is -1.71. The second-order valence-electron chi connectivity index (χ2n) is 5.13. The third-order valence-electron chi connectivity index (χ3n) is 3.57. The van der Waals surface area contributed by atoms with E-state index in [0.717, 1.165) is 18.5 Å². The fraction of sp³-hybridized carbons (Fsp3) is 0.222. The van der Waals surface area contributed by atoms with Crippen LogP contribution in [0.1, 0.15) is 23.4 Å². The summed E-state index contributed by atoms with van der Waals surface area (Å²) in [7, 11) is 0. The summed E-state index contributed by atoms with van der Waals surface area (Å²) in [5.41, 5.74) is 1.03. The number of hydrogen-bond donors (Lipinski definition) is 1. The van der Waals surface area contributed by atoms with Crippen molar-refractivity contribution in [1.29, 1.82) is 0 Å². The van der Waals surface area contributed by atoms with Crippen molar-refractivity contribution in [2.45, 2.75) is 19.4 Å². The molecule has 0 amide bonds. The summed E-state index contributed by atoms with van der Waals surface area (Å²) in [6.45, 7) is 3.00.